The van der Waals surface area contributed by atoms with Gasteiger partial charge in [0, 0.05) is 60.5 Å². The molecule has 1 aromatic rings. The Labute approximate surface area is 105 Å². The van der Waals surface area contributed by atoms with E-state index in [0.29, 0.717) is 5.92 Å². The van der Waals surface area contributed by atoms with Gasteiger partial charge in [-0.05, 0) is 0 Å². The number of fused-ring (bicyclic) bond motifs is 1. The molecule has 0 fully saturated rings. The minimum atomic E-state index is -0.737. The number of hydrogen-bond acceptors (Lipinski definition) is 3. The summed E-state index contributed by atoms with van der Waals surface area (Å²) in [5, 5.41) is 3.35. The van der Waals surface area contributed by atoms with Crippen LogP contribution in [0.4, 0.5) is 0 Å². The Morgan fingerprint density at radius 1 is 1.53 bits per heavy atom. The Morgan fingerprint density at radius 2 is 2.29 bits per heavy atom. The molecule has 2 rings (SSSR count). The average molecular weight is 255 g/mol. The second kappa shape index (κ2) is 5.31. The van der Waals surface area contributed by atoms with Gasteiger partial charge in [0.15, 0.2) is 0 Å². The van der Waals surface area contributed by atoms with Gasteiger partial charge in [0.1, 0.15) is 5.82 Å². The van der Waals surface area contributed by atoms with Crippen LogP contribution in [0.2, 0.25) is 0 Å². The van der Waals surface area contributed by atoms with Crippen LogP contribution in [0.1, 0.15) is 37.0 Å². The molecular weight excluding hydrogens is 234 g/mol. The molecule has 5 heteroatoms. The zero-order chi connectivity index (χ0) is 12.4. The highest BCUT2D eigenvalue weighted by Gasteiger charge is 2.20. The molecule has 0 radical (unpaired) electrons. The van der Waals surface area contributed by atoms with E-state index in [2.05, 4.69) is 23.7 Å². The molecule has 0 spiro atoms. The minimum Gasteiger partial charge on any atom is -0.331 e. The van der Waals surface area contributed by atoms with Crippen molar-refractivity contribution in [3.05, 3.63) is 17.2 Å². The lowest BCUT2D eigenvalue weighted by molar-refractivity contribution is 0.584. The normalized spacial score (nSPS) is 17.2. The fourth-order valence-electron chi connectivity index (χ4n) is 2.30. The molecule has 4 nitrogen and oxygen atoms in total. The van der Waals surface area contributed by atoms with Crippen molar-refractivity contribution >= 4 is 10.8 Å². The maximum Gasteiger partial charge on any atom is 0.111 e. The summed E-state index contributed by atoms with van der Waals surface area (Å²) in [5.41, 5.74) is 2.53. The summed E-state index contributed by atoms with van der Waals surface area (Å²) in [7, 11) is -0.737. The standard InChI is InChI=1S/C12H21N3OS/c1-9(2)12-14-10-8-13-5-4-11(10)15(12)6-7-17(3)16/h9,13H,4-8H2,1-3H3. The SMILES string of the molecule is CC(C)c1nc2c(n1CCS(C)=O)CCNC2. The molecular formula is C12H21N3OS. The summed E-state index contributed by atoms with van der Waals surface area (Å²) >= 11 is 0. The van der Waals surface area contributed by atoms with Crippen molar-refractivity contribution in [1.82, 2.24) is 14.9 Å². The first kappa shape index (κ1) is 12.8. The van der Waals surface area contributed by atoms with Gasteiger partial charge in [-0.1, -0.05) is 13.8 Å². The largest absolute Gasteiger partial charge is 0.331 e. The fraction of sp³-hybridized carbons (Fsp3) is 0.750. The second-order valence-corrected chi connectivity index (χ2v) is 6.43. The van der Waals surface area contributed by atoms with Gasteiger partial charge in [-0.25, -0.2) is 4.98 Å². The number of nitrogens with zero attached hydrogens (tertiary/aromatic N) is 2. The van der Waals surface area contributed by atoms with Crippen molar-refractivity contribution in [3.8, 4) is 0 Å². The molecule has 1 atom stereocenters. The lowest BCUT2D eigenvalue weighted by Crippen LogP contribution is -2.25. The van der Waals surface area contributed by atoms with E-state index in [1.54, 1.807) is 6.26 Å². The van der Waals surface area contributed by atoms with Crippen molar-refractivity contribution in [2.24, 2.45) is 0 Å². The van der Waals surface area contributed by atoms with Gasteiger partial charge in [0.2, 0.25) is 0 Å². The Hall–Kier alpha value is -0.680. The molecule has 2 heterocycles. The maximum absolute atomic E-state index is 11.3. The Kier molecular flexibility index (Phi) is 3.99. The Balaban J connectivity index is 2.31. The van der Waals surface area contributed by atoms with Crippen LogP contribution in [-0.2, 0) is 30.3 Å². The van der Waals surface area contributed by atoms with Gasteiger partial charge in [0.05, 0.1) is 5.69 Å². The van der Waals surface area contributed by atoms with E-state index < -0.39 is 10.8 Å². The van der Waals surface area contributed by atoms with Crippen molar-refractivity contribution in [2.45, 2.75) is 39.3 Å². The number of imidazole rings is 1. The monoisotopic (exact) mass is 255 g/mol. The molecule has 1 aromatic heterocycles. The minimum absolute atomic E-state index is 0.422. The molecule has 0 saturated heterocycles. The smallest absolute Gasteiger partial charge is 0.111 e. The lowest BCUT2D eigenvalue weighted by Gasteiger charge is -2.16. The van der Waals surface area contributed by atoms with Crippen LogP contribution in [-0.4, -0.2) is 32.3 Å². The van der Waals surface area contributed by atoms with Gasteiger partial charge >= 0.3 is 0 Å². The van der Waals surface area contributed by atoms with Gasteiger partial charge < -0.3 is 9.88 Å². The molecule has 0 aromatic carbocycles. The highest BCUT2D eigenvalue weighted by Crippen LogP contribution is 2.21. The van der Waals surface area contributed by atoms with Gasteiger partial charge in [-0.15, -0.1) is 0 Å². The van der Waals surface area contributed by atoms with Crippen LogP contribution in [0.5, 0.6) is 0 Å². The Morgan fingerprint density at radius 3 is 2.94 bits per heavy atom. The van der Waals surface area contributed by atoms with E-state index in [1.165, 1.54) is 11.4 Å². The Bertz CT molecular complexity index is 426. The fourth-order valence-corrected chi connectivity index (χ4v) is 2.74. The molecule has 1 unspecified atom stereocenters. The van der Waals surface area contributed by atoms with Gasteiger partial charge in [0.25, 0.3) is 0 Å². The summed E-state index contributed by atoms with van der Waals surface area (Å²) in [6.45, 7) is 7.06. The molecule has 1 aliphatic rings. The van der Waals surface area contributed by atoms with E-state index in [9.17, 15) is 4.21 Å². The molecule has 0 saturated carbocycles. The predicted molar refractivity (Wildman–Crippen MR) is 70.7 cm³/mol. The van der Waals surface area contributed by atoms with Gasteiger partial charge in [-0.2, -0.15) is 0 Å². The molecule has 0 amide bonds. The third kappa shape index (κ3) is 2.77. The lowest BCUT2D eigenvalue weighted by atomic mass is 10.2. The molecule has 1 aliphatic heterocycles. The van der Waals surface area contributed by atoms with E-state index in [4.69, 9.17) is 4.98 Å². The van der Waals surface area contributed by atoms with Crippen molar-refractivity contribution in [3.63, 3.8) is 0 Å². The summed E-state index contributed by atoms with van der Waals surface area (Å²) in [5.74, 6) is 2.28. The third-order valence-corrected chi connectivity index (χ3v) is 3.89. The third-order valence-electron chi connectivity index (χ3n) is 3.13. The first-order chi connectivity index (χ1) is 8.09. The van der Waals surface area contributed by atoms with Crippen LogP contribution in [0.15, 0.2) is 0 Å². The highest BCUT2D eigenvalue weighted by molar-refractivity contribution is 7.84. The first-order valence-electron chi connectivity index (χ1n) is 6.18. The van der Waals surface area contributed by atoms with E-state index in [-0.39, 0.29) is 0 Å². The van der Waals surface area contributed by atoms with E-state index in [1.807, 2.05) is 0 Å². The topological polar surface area (TPSA) is 46.9 Å². The summed E-state index contributed by atoms with van der Waals surface area (Å²) in [6.07, 6.45) is 2.80. The zero-order valence-electron chi connectivity index (χ0n) is 10.8. The maximum atomic E-state index is 11.3. The van der Waals surface area contributed by atoms with Crippen LogP contribution in [0.3, 0.4) is 0 Å². The number of aromatic nitrogens is 2. The molecule has 1 N–H and O–H groups in total. The molecule has 0 bridgehead atoms. The quantitative estimate of drug-likeness (QED) is 0.874. The first-order valence-corrected chi connectivity index (χ1v) is 7.91. The predicted octanol–water partition coefficient (Wildman–Crippen LogP) is 1.03. The average Bonchev–Trinajstić information content (AvgIpc) is 2.65. The van der Waals surface area contributed by atoms with Crippen molar-refractivity contribution in [1.29, 1.82) is 0 Å². The molecule has 17 heavy (non-hydrogen) atoms. The van der Waals surface area contributed by atoms with Crippen molar-refractivity contribution in [2.75, 3.05) is 18.6 Å². The van der Waals surface area contributed by atoms with Crippen LogP contribution in [0.25, 0.3) is 0 Å². The number of hydrogen-bond donors (Lipinski definition) is 1. The summed E-state index contributed by atoms with van der Waals surface area (Å²) < 4.78 is 13.5. The number of nitrogens with one attached hydrogen (secondary N) is 1. The van der Waals surface area contributed by atoms with E-state index >= 15 is 0 Å². The second-order valence-electron chi connectivity index (χ2n) is 4.87. The molecule has 96 valence electrons. The summed E-state index contributed by atoms with van der Waals surface area (Å²) in [6, 6.07) is 0. The van der Waals surface area contributed by atoms with Crippen LogP contribution >= 0.6 is 0 Å². The van der Waals surface area contributed by atoms with E-state index in [0.717, 1.165) is 37.6 Å². The zero-order valence-corrected chi connectivity index (χ0v) is 11.6. The van der Waals surface area contributed by atoms with Crippen LogP contribution in [0, 0.1) is 0 Å². The molecule has 0 aliphatic carbocycles. The van der Waals surface area contributed by atoms with Crippen molar-refractivity contribution < 1.29 is 4.21 Å². The summed E-state index contributed by atoms with van der Waals surface area (Å²) in [4.78, 5) is 4.73. The number of rotatable bonds is 4. The highest BCUT2D eigenvalue weighted by atomic mass is 32.2. The van der Waals surface area contributed by atoms with Gasteiger partial charge in [-0.3, -0.25) is 4.21 Å². The van der Waals surface area contributed by atoms with Crippen LogP contribution < -0.4 is 5.32 Å².